The maximum absolute atomic E-state index is 9.07. The van der Waals surface area contributed by atoms with Crippen LogP contribution in [0.5, 0.6) is 0 Å². The molecule has 4 aliphatic carbocycles. The Balaban J connectivity index is 1.83. The second-order valence-corrected chi connectivity index (χ2v) is 5.67. The third-order valence-electron chi connectivity index (χ3n) is 4.61. The third-order valence-corrected chi connectivity index (χ3v) is 4.61. The molecule has 1 nitrogen and oxygen atoms in total. The van der Waals surface area contributed by atoms with Gasteiger partial charge in [0.25, 0.3) is 0 Å². The molecule has 4 bridgehead atoms. The van der Waals surface area contributed by atoms with Gasteiger partial charge in [-0.15, -0.1) is 0 Å². The largest absolute Gasteiger partial charge is 0.396 e. The highest BCUT2D eigenvalue weighted by Gasteiger charge is 2.50. The Morgan fingerprint density at radius 3 is 1.85 bits per heavy atom. The highest BCUT2D eigenvalue weighted by molar-refractivity contribution is 5.06. The van der Waals surface area contributed by atoms with Gasteiger partial charge in [-0.3, -0.25) is 0 Å². The first kappa shape index (κ1) is 8.28. The summed E-state index contributed by atoms with van der Waals surface area (Å²) in [7, 11) is 0. The van der Waals surface area contributed by atoms with Gasteiger partial charge >= 0.3 is 0 Å². The zero-order valence-corrected chi connectivity index (χ0v) is 8.21. The third kappa shape index (κ3) is 1.24. The van der Waals surface area contributed by atoms with Crippen LogP contribution in [0.15, 0.2) is 0 Å². The summed E-state index contributed by atoms with van der Waals surface area (Å²) in [5, 5.41) is 9.07. The Kier molecular flexibility index (Phi) is 1.74. The lowest BCUT2D eigenvalue weighted by atomic mass is 9.49. The average molecular weight is 179 g/mol. The van der Waals surface area contributed by atoms with Crippen molar-refractivity contribution in [1.82, 2.24) is 0 Å². The van der Waals surface area contributed by atoms with Crippen molar-refractivity contribution in [2.45, 2.75) is 38.5 Å². The van der Waals surface area contributed by atoms with E-state index in [9.17, 15) is 0 Å². The molecule has 4 rings (SSSR count). The molecule has 1 N–H and O–H groups in total. The van der Waals surface area contributed by atoms with Crippen molar-refractivity contribution in [3.05, 3.63) is 6.42 Å². The molecule has 0 saturated heterocycles. The molecule has 0 aromatic rings. The van der Waals surface area contributed by atoms with Crippen LogP contribution < -0.4 is 0 Å². The van der Waals surface area contributed by atoms with E-state index in [1.807, 2.05) is 0 Å². The molecule has 4 fully saturated rings. The Morgan fingerprint density at radius 2 is 1.46 bits per heavy atom. The van der Waals surface area contributed by atoms with E-state index in [0.29, 0.717) is 12.0 Å². The standard InChI is InChI=1S/C12H19O/c13-2-1-12-6-9-3-10(7-12)5-11(4-9)8-12/h1,9-11,13H,2-8H2. The minimum absolute atomic E-state index is 0.298. The monoisotopic (exact) mass is 179 g/mol. The van der Waals surface area contributed by atoms with E-state index >= 15 is 0 Å². The first-order chi connectivity index (χ1) is 6.30. The lowest BCUT2D eigenvalue weighted by molar-refractivity contribution is -0.0377. The molecule has 1 heteroatoms. The Morgan fingerprint density at radius 1 is 1.00 bits per heavy atom. The van der Waals surface area contributed by atoms with Crippen LogP contribution >= 0.6 is 0 Å². The SMILES string of the molecule is OC[CH]C12CC3CC(CC(C3)C1)C2. The number of aliphatic hydroxyl groups excluding tert-OH is 1. The van der Waals surface area contributed by atoms with Crippen molar-refractivity contribution < 1.29 is 5.11 Å². The lowest BCUT2D eigenvalue weighted by Gasteiger charge is -2.56. The summed E-state index contributed by atoms with van der Waals surface area (Å²) in [6, 6.07) is 0. The topological polar surface area (TPSA) is 20.2 Å². The predicted octanol–water partition coefficient (Wildman–Crippen LogP) is 2.40. The fourth-order valence-electron chi connectivity index (χ4n) is 4.62. The van der Waals surface area contributed by atoms with Gasteiger partial charge in [-0.25, -0.2) is 0 Å². The van der Waals surface area contributed by atoms with E-state index < -0.39 is 0 Å². The summed E-state index contributed by atoms with van der Waals surface area (Å²) in [4.78, 5) is 0. The zero-order chi connectivity index (χ0) is 8.89. The number of hydrogen-bond donors (Lipinski definition) is 1. The van der Waals surface area contributed by atoms with Gasteiger partial charge in [-0.05, 0) is 68.1 Å². The second-order valence-electron chi connectivity index (χ2n) is 5.67. The normalized spacial score (nSPS) is 52.8. The average Bonchev–Trinajstić information content (AvgIpc) is 2.00. The summed E-state index contributed by atoms with van der Waals surface area (Å²) in [5.41, 5.74) is 0.476. The molecule has 73 valence electrons. The molecule has 0 unspecified atom stereocenters. The maximum atomic E-state index is 9.07. The maximum Gasteiger partial charge on any atom is 0.0468 e. The van der Waals surface area contributed by atoms with Gasteiger partial charge in [0.1, 0.15) is 0 Å². The fraction of sp³-hybridized carbons (Fsp3) is 0.917. The van der Waals surface area contributed by atoms with Crippen LogP contribution in [-0.4, -0.2) is 11.7 Å². The van der Waals surface area contributed by atoms with Crippen molar-refractivity contribution in [2.75, 3.05) is 6.61 Å². The molecule has 0 spiro atoms. The van der Waals surface area contributed by atoms with Crippen molar-refractivity contribution in [3.8, 4) is 0 Å². The van der Waals surface area contributed by atoms with E-state index in [2.05, 4.69) is 6.42 Å². The molecule has 0 aromatic heterocycles. The van der Waals surface area contributed by atoms with Gasteiger partial charge in [0.05, 0.1) is 0 Å². The molecule has 4 aliphatic rings. The minimum atomic E-state index is 0.298. The molecule has 1 radical (unpaired) electrons. The summed E-state index contributed by atoms with van der Waals surface area (Å²) >= 11 is 0. The lowest BCUT2D eigenvalue weighted by Crippen LogP contribution is -2.46. The van der Waals surface area contributed by atoms with Crippen LogP contribution in [0.25, 0.3) is 0 Å². The highest BCUT2D eigenvalue weighted by atomic mass is 16.3. The molecule has 4 saturated carbocycles. The van der Waals surface area contributed by atoms with Crippen LogP contribution in [-0.2, 0) is 0 Å². The summed E-state index contributed by atoms with van der Waals surface area (Å²) < 4.78 is 0. The Labute approximate surface area is 80.5 Å². The van der Waals surface area contributed by atoms with Gasteiger partial charge in [0.15, 0.2) is 0 Å². The smallest absolute Gasteiger partial charge is 0.0468 e. The van der Waals surface area contributed by atoms with Crippen molar-refractivity contribution >= 4 is 0 Å². The molecule has 0 aliphatic heterocycles. The van der Waals surface area contributed by atoms with Crippen LogP contribution in [0.1, 0.15) is 38.5 Å². The molecular formula is C12H19O. The van der Waals surface area contributed by atoms with E-state index in [1.165, 1.54) is 38.5 Å². The molecule has 13 heavy (non-hydrogen) atoms. The van der Waals surface area contributed by atoms with E-state index in [-0.39, 0.29) is 0 Å². The molecule has 0 atom stereocenters. The van der Waals surface area contributed by atoms with E-state index in [0.717, 1.165) is 17.8 Å². The quantitative estimate of drug-likeness (QED) is 0.690. The van der Waals surface area contributed by atoms with Crippen LogP contribution in [0, 0.1) is 29.6 Å². The number of aliphatic hydroxyl groups is 1. The number of hydrogen-bond acceptors (Lipinski definition) is 1. The minimum Gasteiger partial charge on any atom is -0.396 e. The van der Waals surface area contributed by atoms with Gasteiger partial charge in [-0.1, -0.05) is 0 Å². The van der Waals surface area contributed by atoms with Gasteiger partial charge < -0.3 is 5.11 Å². The van der Waals surface area contributed by atoms with Crippen molar-refractivity contribution in [1.29, 1.82) is 0 Å². The second kappa shape index (κ2) is 2.73. The summed E-state index contributed by atoms with van der Waals surface area (Å²) in [5.74, 6) is 3.03. The summed E-state index contributed by atoms with van der Waals surface area (Å²) in [6.45, 7) is 0.298. The van der Waals surface area contributed by atoms with Crippen molar-refractivity contribution in [2.24, 2.45) is 23.2 Å². The van der Waals surface area contributed by atoms with Crippen LogP contribution in [0.3, 0.4) is 0 Å². The molecular weight excluding hydrogens is 160 g/mol. The molecule has 0 aromatic carbocycles. The van der Waals surface area contributed by atoms with Gasteiger partial charge in [0.2, 0.25) is 0 Å². The Bertz CT molecular complexity index is 174. The highest BCUT2D eigenvalue weighted by Crippen LogP contribution is 2.60. The van der Waals surface area contributed by atoms with Crippen LogP contribution in [0.2, 0.25) is 0 Å². The zero-order valence-electron chi connectivity index (χ0n) is 8.21. The fourth-order valence-corrected chi connectivity index (χ4v) is 4.62. The van der Waals surface area contributed by atoms with E-state index in [1.54, 1.807) is 0 Å². The predicted molar refractivity (Wildman–Crippen MR) is 52.0 cm³/mol. The number of rotatable bonds is 2. The van der Waals surface area contributed by atoms with E-state index in [4.69, 9.17) is 5.11 Å². The van der Waals surface area contributed by atoms with Crippen LogP contribution in [0.4, 0.5) is 0 Å². The molecule has 0 amide bonds. The van der Waals surface area contributed by atoms with Crippen molar-refractivity contribution in [3.63, 3.8) is 0 Å². The molecule has 0 heterocycles. The van der Waals surface area contributed by atoms with Gasteiger partial charge in [-0.2, -0.15) is 0 Å². The Hall–Kier alpha value is -0.0400. The van der Waals surface area contributed by atoms with Gasteiger partial charge in [0, 0.05) is 6.61 Å². The summed E-state index contributed by atoms with van der Waals surface area (Å²) in [6.07, 6.45) is 10.9. The first-order valence-electron chi connectivity index (χ1n) is 5.75. The first-order valence-corrected chi connectivity index (χ1v) is 5.75.